The third kappa shape index (κ3) is 3.53. The molecule has 1 amide bonds. The first kappa shape index (κ1) is 19.7. The number of carbonyl (C=O) groups excluding carboxylic acids is 1. The fourth-order valence-corrected chi connectivity index (χ4v) is 5.39. The Morgan fingerprint density at radius 3 is 2.53 bits per heavy atom. The molecule has 3 aromatic carbocycles. The van der Waals surface area contributed by atoms with E-state index in [9.17, 15) is 13.2 Å². The summed E-state index contributed by atoms with van der Waals surface area (Å²) < 4.78 is 28.2. The van der Waals surface area contributed by atoms with Crippen molar-refractivity contribution in [1.29, 1.82) is 5.26 Å². The van der Waals surface area contributed by atoms with Gasteiger partial charge in [-0.25, -0.2) is 8.42 Å². The number of rotatable bonds is 4. The van der Waals surface area contributed by atoms with Crippen LogP contribution in [-0.2, 0) is 16.4 Å². The molecule has 1 aliphatic heterocycles. The number of para-hydroxylation sites is 1. The van der Waals surface area contributed by atoms with Crippen molar-refractivity contribution in [3.63, 3.8) is 0 Å². The first-order chi connectivity index (χ1) is 14.4. The van der Waals surface area contributed by atoms with Crippen LogP contribution in [0.5, 0.6) is 0 Å². The fourth-order valence-electron chi connectivity index (χ4n) is 3.65. The average Bonchev–Trinajstić information content (AvgIpc) is 3.10. The Labute approximate surface area is 175 Å². The van der Waals surface area contributed by atoms with Crippen molar-refractivity contribution < 1.29 is 13.2 Å². The Bertz CT molecular complexity index is 1260. The zero-order chi connectivity index (χ0) is 21.3. The normalized spacial score (nSPS) is 15.3. The summed E-state index contributed by atoms with van der Waals surface area (Å²) >= 11 is 0. The van der Waals surface area contributed by atoms with E-state index in [1.165, 1.54) is 16.4 Å². The summed E-state index contributed by atoms with van der Waals surface area (Å²) in [4.78, 5) is 12.7. The van der Waals surface area contributed by atoms with E-state index in [1.54, 1.807) is 42.5 Å². The summed E-state index contributed by atoms with van der Waals surface area (Å²) in [6.45, 7) is 1.87. The number of sulfonamides is 1. The largest absolute Gasteiger partial charge is 0.322 e. The molecule has 1 unspecified atom stereocenters. The van der Waals surface area contributed by atoms with Gasteiger partial charge in [0, 0.05) is 17.3 Å². The molecular weight excluding hydrogens is 398 g/mol. The van der Waals surface area contributed by atoms with Gasteiger partial charge in [0.1, 0.15) is 0 Å². The Morgan fingerprint density at radius 2 is 1.80 bits per heavy atom. The number of anilines is 2. The van der Waals surface area contributed by atoms with Gasteiger partial charge in [-0.2, -0.15) is 5.26 Å². The number of hydrogen-bond acceptors (Lipinski definition) is 4. The summed E-state index contributed by atoms with van der Waals surface area (Å²) in [5, 5.41) is 11.6. The van der Waals surface area contributed by atoms with Crippen LogP contribution in [-0.4, -0.2) is 20.4 Å². The molecule has 0 saturated carbocycles. The molecule has 0 bridgehead atoms. The Morgan fingerprint density at radius 1 is 1.07 bits per heavy atom. The van der Waals surface area contributed by atoms with Crippen molar-refractivity contribution in [2.45, 2.75) is 24.3 Å². The fraction of sp³-hybridized carbons (Fsp3) is 0.130. The van der Waals surface area contributed by atoms with Crippen LogP contribution in [0.1, 0.15) is 28.4 Å². The van der Waals surface area contributed by atoms with Crippen LogP contribution in [0.3, 0.4) is 0 Å². The lowest BCUT2D eigenvalue weighted by Crippen LogP contribution is -2.35. The Balaban J connectivity index is 1.62. The van der Waals surface area contributed by atoms with E-state index in [0.29, 0.717) is 23.4 Å². The van der Waals surface area contributed by atoms with E-state index < -0.39 is 15.9 Å². The maximum atomic E-state index is 13.4. The molecule has 30 heavy (non-hydrogen) atoms. The summed E-state index contributed by atoms with van der Waals surface area (Å²) in [6.07, 6.45) is 0.647. The summed E-state index contributed by atoms with van der Waals surface area (Å²) in [5.74, 6) is -0.424. The van der Waals surface area contributed by atoms with E-state index in [-0.39, 0.29) is 16.5 Å². The Hall–Kier alpha value is -3.63. The molecule has 1 atom stereocenters. The summed E-state index contributed by atoms with van der Waals surface area (Å²) in [6, 6.07) is 21.7. The predicted molar refractivity (Wildman–Crippen MR) is 115 cm³/mol. The van der Waals surface area contributed by atoms with Crippen LogP contribution in [0.15, 0.2) is 77.7 Å². The van der Waals surface area contributed by atoms with Crippen LogP contribution < -0.4 is 9.62 Å². The molecule has 1 aliphatic rings. The standard InChI is InChI=1S/C23H19N3O3S/c1-16-13-18-5-2-3-8-22(18)26(16)30(28,29)21-7-4-6-19(14-21)23(27)25-20-11-9-17(15-24)10-12-20/h2-12,14,16H,13H2,1H3,(H,25,27). The quantitative estimate of drug-likeness (QED) is 0.696. The molecule has 4 rings (SSSR count). The van der Waals surface area contributed by atoms with Gasteiger partial charge in [-0.15, -0.1) is 0 Å². The highest BCUT2D eigenvalue weighted by molar-refractivity contribution is 7.92. The van der Waals surface area contributed by atoms with E-state index in [4.69, 9.17) is 5.26 Å². The highest BCUT2D eigenvalue weighted by atomic mass is 32.2. The highest BCUT2D eigenvalue weighted by Gasteiger charge is 2.36. The highest BCUT2D eigenvalue weighted by Crippen LogP contribution is 2.36. The molecule has 6 nitrogen and oxygen atoms in total. The SMILES string of the molecule is CC1Cc2ccccc2N1S(=O)(=O)c1cccc(C(=O)Nc2ccc(C#N)cc2)c1. The van der Waals surface area contributed by atoms with Crippen LogP contribution in [0.2, 0.25) is 0 Å². The molecule has 0 aliphatic carbocycles. The van der Waals surface area contributed by atoms with Gasteiger partial charge in [-0.05, 0) is 67.4 Å². The zero-order valence-electron chi connectivity index (χ0n) is 16.2. The molecule has 0 spiro atoms. The van der Waals surface area contributed by atoms with Gasteiger partial charge in [-0.3, -0.25) is 9.10 Å². The number of nitrogens with one attached hydrogen (secondary N) is 1. The van der Waals surface area contributed by atoms with Crippen molar-refractivity contribution in [2.24, 2.45) is 0 Å². The first-order valence-electron chi connectivity index (χ1n) is 9.44. The molecule has 1 heterocycles. The van der Waals surface area contributed by atoms with Crippen molar-refractivity contribution in [2.75, 3.05) is 9.62 Å². The minimum Gasteiger partial charge on any atom is -0.322 e. The minimum absolute atomic E-state index is 0.0681. The van der Waals surface area contributed by atoms with Gasteiger partial charge in [0.25, 0.3) is 15.9 Å². The van der Waals surface area contributed by atoms with Gasteiger partial charge in [0.15, 0.2) is 0 Å². The number of benzene rings is 3. The molecule has 150 valence electrons. The van der Waals surface area contributed by atoms with Gasteiger partial charge in [0.05, 0.1) is 22.2 Å². The van der Waals surface area contributed by atoms with Gasteiger partial charge < -0.3 is 5.32 Å². The van der Waals surface area contributed by atoms with Crippen molar-refractivity contribution >= 4 is 27.3 Å². The average molecular weight is 417 g/mol. The number of nitriles is 1. The summed E-state index contributed by atoms with van der Waals surface area (Å²) in [5.41, 5.74) is 2.91. The third-order valence-corrected chi connectivity index (χ3v) is 6.99. The van der Waals surface area contributed by atoms with E-state index >= 15 is 0 Å². The van der Waals surface area contributed by atoms with E-state index in [2.05, 4.69) is 5.32 Å². The van der Waals surface area contributed by atoms with Gasteiger partial charge >= 0.3 is 0 Å². The van der Waals surface area contributed by atoms with Crippen LogP contribution in [0.4, 0.5) is 11.4 Å². The second-order valence-electron chi connectivity index (χ2n) is 7.15. The van der Waals surface area contributed by atoms with E-state index in [1.807, 2.05) is 31.2 Å². The van der Waals surface area contributed by atoms with Crippen LogP contribution in [0.25, 0.3) is 0 Å². The van der Waals surface area contributed by atoms with Crippen molar-refractivity contribution in [1.82, 2.24) is 0 Å². The number of carbonyl (C=O) groups is 1. The number of nitrogens with zero attached hydrogens (tertiary/aromatic N) is 2. The molecule has 0 saturated heterocycles. The maximum Gasteiger partial charge on any atom is 0.264 e. The topological polar surface area (TPSA) is 90.3 Å². The van der Waals surface area contributed by atoms with Crippen LogP contribution >= 0.6 is 0 Å². The zero-order valence-corrected chi connectivity index (χ0v) is 17.1. The molecule has 7 heteroatoms. The lowest BCUT2D eigenvalue weighted by Gasteiger charge is -2.24. The van der Waals surface area contributed by atoms with Crippen molar-refractivity contribution in [3.05, 3.63) is 89.5 Å². The molecule has 0 fully saturated rings. The molecule has 0 radical (unpaired) electrons. The van der Waals surface area contributed by atoms with Crippen molar-refractivity contribution in [3.8, 4) is 6.07 Å². The number of amides is 1. The predicted octanol–water partition coefficient (Wildman–Crippen LogP) is 3.95. The van der Waals surface area contributed by atoms with Gasteiger partial charge in [-0.1, -0.05) is 24.3 Å². The molecule has 1 N–H and O–H groups in total. The van der Waals surface area contributed by atoms with Crippen LogP contribution in [0, 0.1) is 11.3 Å². The van der Waals surface area contributed by atoms with Gasteiger partial charge in [0.2, 0.25) is 0 Å². The molecule has 3 aromatic rings. The van der Waals surface area contributed by atoms with E-state index in [0.717, 1.165) is 5.56 Å². The molecular formula is C23H19N3O3S. The second kappa shape index (κ2) is 7.65. The monoisotopic (exact) mass is 417 g/mol. The second-order valence-corrected chi connectivity index (χ2v) is 8.97. The lowest BCUT2D eigenvalue weighted by molar-refractivity contribution is 0.102. The smallest absolute Gasteiger partial charge is 0.264 e. The Kier molecular flexibility index (Phi) is 5.02. The maximum absolute atomic E-state index is 13.4. The lowest BCUT2D eigenvalue weighted by atomic mass is 10.1. The summed E-state index contributed by atoms with van der Waals surface area (Å²) in [7, 11) is -3.82. The number of hydrogen-bond donors (Lipinski definition) is 1. The first-order valence-corrected chi connectivity index (χ1v) is 10.9. The number of fused-ring (bicyclic) bond motifs is 1. The minimum atomic E-state index is -3.82. The molecule has 0 aromatic heterocycles. The third-order valence-electron chi connectivity index (χ3n) is 5.07.